The second-order valence-corrected chi connectivity index (χ2v) is 11.7. The minimum absolute atomic E-state index is 0.0731. The molecule has 4 rings (SSSR count). The van der Waals surface area contributed by atoms with Crippen LogP contribution in [0.5, 0.6) is 0 Å². The molecule has 0 aromatic heterocycles. The number of hydrogen-bond donors (Lipinski definition) is 1. The lowest BCUT2D eigenvalue weighted by atomic mass is 9.62. The molecule has 3 heterocycles. The lowest BCUT2D eigenvalue weighted by Crippen LogP contribution is -2.57. The lowest BCUT2D eigenvalue weighted by molar-refractivity contribution is -0.161. The Kier molecular flexibility index (Phi) is 8.90. The topological polar surface area (TPSA) is 96.4 Å². The molecule has 8 nitrogen and oxygen atoms in total. The van der Waals surface area contributed by atoms with Gasteiger partial charge in [0.15, 0.2) is 0 Å². The highest BCUT2D eigenvalue weighted by atomic mass is 16.6. The van der Waals surface area contributed by atoms with Gasteiger partial charge in [-0.3, -0.25) is 14.4 Å². The maximum atomic E-state index is 14.7. The van der Waals surface area contributed by atoms with E-state index < -0.39 is 35.0 Å². The highest BCUT2D eigenvalue weighted by Gasteiger charge is 2.80. The predicted molar refractivity (Wildman–Crippen MR) is 154 cm³/mol. The molecule has 3 aliphatic heterocycles. The van der Waals surface area contributed by atoms with Crippen molar-refractivity contribution in [3.05, 3.63) is 54.6 Å². The van der Waals surface area contributed by atoms with Crippen LogP contribution in [0, 0.1) is 31.6 Å². The third kappa shape index (κ3) is 4.79. The summed E-state index contributed by atoms with van der Waals surface area (Å²) in [6.07, 6.45) is 6.71. The summed E-state index contributed by atoms with van der Waals surface area (Å²) in [7, 11) is 0. The number of likely N-dealkylation sites (tertiary alicyclic amines) is 1. The zero-order valence-electron chi connectivity index (χ0n) is 24.4. The third-order valence-electron chi connectivity index (χ3n) is 9.19. The van der Waals surface area contributed by atoms with Crippen LogP contribution in [0.25, 0.3) is 0 Å². The fourth-order valence-corrected chi connectivity index (χ4v) is 7.31. The first kappa shape index (κ1) is 30.0. The second-order valence-electron chi connectivity index (χ2n) is 11.7. The molecule has 1 N–H and O–H groups in total. The van der Waals surface area contributed by atoms with Gasteiger partial charge in [-0.25, -0.2) is 0 Å². The number of carbonyl (C=O) groups is 3. The maximum Gasteiger partial charge on any atom is 0.312 e. The van der Waals surface area contributed by atoms with Crippen LogP contribution in [0.2, 0.25) is 0 Å². The molecule has 0 saturated carbocycles. The average molecular weight is 553 g/mol. The average Bonchev–Trinajstić information content (AvgIpc) is 3.42. The number of fused-ring (bicyclic) bond motifs is 1. The quantitative estimate of drug-likeness (QED) is 0.225. The molecule has 2 amide bonds. The number of aryl methyl sites for hydroxylation is 2. The number of unbranched alkanes of at least 4 members (excludes halogenated alkanes) is 2. The lowest BCUT2D eigenvalue weighted by Gasteiger charge is -2.38. The van der Waals surface area contributed by atoms with Gasteiger partial charge in [-0.1, -0.05) is 37.3 Å². The number of carbonyl (C=O) groups excluding carboxylic acids is 3. The predicted octanol–water partition coefficient (Wildman–Crippen LogP) is 4.12. The number of nitrogens with zero attached hydrogens (tertiary/aromatic N) is 2. The smallest absolute Gasteiger partial charge is 0.312 e. The number of aliphatic hydroxyl groups excluding tert-OH is 1. The van der Waals surface area contributed by atoms with E-state index in [0.29, 0.717) is 19.3 Å². The molecule has 3 aliphatic rings. The fourth-order valence-electron chi connectivity index (χ4n) is 7.31. The second kappa shape index (κ2) is 11.9. The first-order valence-corrected chi connectivity index (χ1v) is 14.5. The molecule has 2 bridgehead atoms. The molecule has 6 atom stereocenters. The van der Waals surface area contributed by atoms with Crippen molar-refractivity contribution < 1.29 is 29.0 Å². The van der Waals surface area contributed by atoms with Crippen LogP contribution in [-0.4, -0.2) is 71.3 Å². The van der Waals surface area contributed by atoms with E-state index in [1.165, 1.54) is 0 Å². The van der Waals surface area contributed by atoms with Crippen molar-refractivity contribution in [1.82, 2.24) is 4.90 Å². The van der Waals surface area contributed by atoms with Gasteiger partial charge in [0.2, 0.25) is 5.91 Å². The van der Waals surface area contributed by atoms with Crippen LogP contribution in [-0.2, 0) is 23.9 Å². The highest BCUT2D eigenvalue weighted by molar-refractivity contribution is 6.05. The molecular formula is C32H44N2O6. The SMILES string of the molecule is C=CCCCCOC(=O)[C@H]1[C@H]2C(=O)N(CCCO)C(C(=O)N(CC=C)c3c(C)cccc3C)C23CC(C)[C@]1(C)O3. The van der Waals surface area contributed by atoms with Crippen molar-refractivity contribution in [2.45, 2.75) is 77.0 Å². The van der Waals surface area contributed by atoms with Gasteiger partial charge < -0.3 is 24.4 Å². The van der Waals surface area contributed by atoms with Gasteiger partial charge in [0, 0.05) is 25.4 Å². The van der Waals surface area contributed by atoms with E-state index in [0.717, 1.165) is 29.7 Å². The van der Waals surface area contributed by atoms with Crippen LogP contribution < -0.4 is 4.90 Å². The van der Waals surface area contributed by atoms with E-state index in [1.54, 1.807) is 15.9 Å². The summed E-state index contributed by atoms with van der Waals surface area (Å²) >= 11 is 0. The number of esters is 1. The van der Waals surface area contributed by atoms with Crippen molar-refractivity contribution in [3.63, 3.8) is 0 Å². The highest BCUT2D eigenvalue weighted by Crippen LogP contribution is 2.65. The maximum absolute atomic E-state index is 14.7. The third-order valence-corrected chi connectivity index (χ3v) is 9.19. The van der Waals surface area contributed by atoms with Crippen molar-refractivity contribution >= 4 is 23.5 Å². The van der Waals surface area contributed by atoms with Crippen molar-refractivity contribution in [3.8, 4) is 0 Å². The van der Waals surface area contributed by atoms with Gasteiger partial charge in [0.05, 0.1) is 18.1 Å². The molecule has 1 spiro atoms. The minimum atomic E-state index is -1.17. The summed E-state index contributed by atoms with van der Waals surface area (Å²) in [4.78, 5) is 45.7. The first-order chi connectivity index (χ1) is 19.1. The largest absolute Gasteiger partial charge is 0.465 e. The number of para-hydroxylation sites is 1. The van der Waals surface area contributed by atoms with Gasteiger partial charge in [-0.05, 0) is 69.9 Å². The molecule has 1 aromatic carbocycles. The van der Waals surface area contributed by atoms with Gasteiger partial charge in [0.25, 0.3) is 5.91 Å². The molecule has 218 valence electrons. The van der Waals surface area contributed by atoms with Crippen molar-refractivity contribution in [2.75, 3.05) is 31.2 Å². The molecule has 8 heteroatoms. The van der Waals surface area contributed by atoms with E-state index in [1.807, 2.05) is 52.0 Å². The van der Waals surface area contributed by atoms with Gasteiger partial charge >= 0.3 is 5.97 Å². The zero-order valence-corrected chi connectivity index (χ0v) is 24.4. The van der Waals surface area contributed by atoms with E-state index in [2.05, 4.69) is 13.2 Å². The Balaban J connectivity index is 1.75. The van der Waals surface area contributed by atoms with Crippen LogP contribution in [0.1, 0.15) is 57.1 Å². The van der Waals surface area contributed by atoms with Crippen LogP contribution >= 0.6 is 0 Å². The summed E-state index contributed by atoms with van der Waals surface area (Å²) in [5, 5.41) is 9.64. The Morgan fingerprint density at radius 2 is 1.90 bits per heavy atom. The standard InChI is InChI=1S/C32H44N2O6/c1-7-9-10-11-19-39-30(38)25-24-28(36)34(17-13-18-35)27(32(24)20-23(5)31(25,6)40-32)29(37)33(16-8-2)26-21(3)14-12-15-22(26)4/h7-8,12,14-15,23-25,27,35H,1-2,9-11,13,16-20H2,3-6H3/t23?,24-,25+,27?,31-,32?/m0/s1. The van der Waals surface area contributed by atoms with E-state index in [9.17, 15) is 19.5 Å². The zero-order chi connectivity index (χ0) is 29.2. The number of amides is 2. The first-order valence-electron chi connectivity index (χ1n) is 14.5. The molecule has 0 aliphatic carbocycles. The molecule has 3 saturated heterocycles. The van der Waals surface area contributed by atoms with E-state index in [-0.39, 0.29) is 44.0 Å². The normalized spacial score (nSPS) is 30.3. The molecular weight excluding hydrogens is 508 g/mol. The van der Waals surface area contributed by atoms with Gasteiger partial charge in [-0.15, -0.1) is 13.2 Å². The van der Waals surface area contributed by atoms with Gasteiger partial charge in [-0.2, -0.15) is 0 Å². The van der Waals surface area contributed by atoms with Crippen LogP contribution in [0.4, 0.5) is 5.69 Å². The summed E-state index contributed by atoms with van der Waals surface area (Å²) < 4.78 is 12.5. The van der Waals surface area contributed by atoms with E-state index >= 15 is 0 Å². The molecule has 3 fully saturated rings. The number of allylic oxidation sites excluding steroid dienone is 1. The molecule has 3 unspecified atom stereocenters. The van der Waals surface area contributed by atoms with Crippen molar-refractivity contribution in [1.29, 1.82) is 0 Å². The Morgan fingerprint density at radius 3 is 2.52 bits per heavy atom. The summed E-state index contributed by atoms with van der Waals surface area (Å²) in [6.45, 7) is 16.0. The van der Waals surface area contributed by atoms with E-state index in [4.69, 9.17) is 9.47 Å². The Morgan fingerprint density at radius 1 is 1.20 bits per heavy atom. The number of benzene rings is 1. The summed E-state index contributed by atoms with van der Waals surface area (Å²) in [5.41, 5.74) is 0.558. The van der Waals surface area contributed by atoms with Crippen molar-refractivity contribution in [2.24, 2.45) is 17.8 Å². The number of aliphatic hydroxyl groups is 1. The van der Waals surface area contributed by atoms with Crippen LogP contribution in [0.15, 0.2) is 43.5 Å². The summed E-state index contributed by atoms with van der Waals surface area (Å²) in [5.74, 6) is -2.70. The Labute approximate surface area is 238 Å². The number of hydrogen-bond acceptors (Lipinski definition) is 6. The molecule has 0 radical (unpaired) electrons. The molecule has 1 aromatic rings. The minimum Gasteiger partial charge on any atom is -0.465 e. The van der Waals surface area contributed by atoms with Crippen LogP contribution in [0.3, 0.4) is 0 Å². The monoisotopic (exact) mass is 552 g/mol. The summed E-state index contributed by atoms with van der Waals surface area (Å²) in [6, 6.07) is 4.92. The number of rotatable bonds is 13. The number of anilines is 1. The number of ether oxygens (including phenoxy) is 2. The van der Waals surface area contributed by atoms with Gasteiger partial charge in [0.1, 0.15) is 17.6 Å². The molecule has 40 heavy (non-hydrogen) atoms. The Hall–Kier alpha value is -2.97. The fraction of sp³-hybridized carbons (Fsp3) is 0.594. The Bertz CT molecular complexity index is 1150.